The molecule has 2 aromatic heterocycles. The molecule has 6 nitrogen and oxygen atoms in total. The van der Waals surface area contributed by atoms with Crippen LogP contribution >= 0.6 is 11.3 Å². The van der Waals surface area contributed by atoms with Gasteiger partial charge in [0.25, 0.3) is 0 Å². The molecule has 3 heterocycles. The van der Waals surface area contributed by atoms with Gasteiger partial charge in [0.2, 0.25) is 5.91 Å². The van der Waals surface area contributed by atoms with Crippen LogP contribution in [0.25, 0.3) is 0 Å². The van der Waals surface area contributed by atoms with Gasteiger partial charge in [0.15, 0.2) is 0 Å². The molecule has 1 fully saturated rings. The molecule has 0 spiro atoms. The van der Waals surface area contributed by atoms with Gasteiger partial charge >= 0.3 is 0 Å². The molecule has 0 unspecified atom stereocenters. The second-order valence-corrected chi connectivity index (χ2v) is 7.98. The van der Waals surface area contributed by atoms with E-state index in [2.05, 4.69) is 15.3 Å². The molecule has 25 heavy (non-hydrogen) atoms. The smallest absolute Gasteiger partial charge is 0.221 e. The van der Waals surface area contributed by atoms with Gasteiger partial charge in [-0.3, -0.25) is 14.4 Å². The number of aromatic nitrogens is 2. The molecule has 0 radical (unpaired) electrons. The first-order chi connectivity index (χ1) is 12.2. The first-order valence-corrected chi connectivity index (χ1v) is 9.83. The van der Waals surface area contributed by atoms with Gasteiger partial charge in [-0.15, -0.1) is 11.3 Å². The van der Waals surface area contributed by atoms with Crippen LogP contribution in [0.15, 0.2) is 23.6 Å². The van der Waals surface area contributed by atoms with Crippen LogP contribution in [0.5, 0.6) is 0 Å². The van der Waals surface area contributed by atoms with Crippen LogP contribution in [0.2, 0.25) is 0 Å². The Kier molecular flexibility index (Phi) is 4.87. The molecular formula is C18H24N4O2S. The normalized spacial score (nSPS) is 18.8. The zero-order valence-corrected chi connectivity index (χ0v) is 15.0. The van der Waals surface area contributed by atoms with E-state index in [1.54, 1.807) is 11.3 Å². The van der Waals surface area contributed by atoms with Gasteiger partial charge < -0.3 is 10.4 Å². The summed E-state index contributed by atoms with van der Waals surface area (Å²) in [6.07, 6.45) is 2.32. The van der Waals surface area contributed by atoms with Gasteiger partial charge in [-0.2, -0.15) is 5.10 Å². The lowest BCUT2D eigenvalue weighted by Gasteiger charge is -2.27. The predicted molar refractivity (Wildman–Crippen MR) is 96.0 cm³/mol. The lowest BCUT2D eigenvalue weighted by atomic mass is 10.1. The van der Waals surface area contributed by atoms with E-state index in [0.29, 0.717) is 18.9 Å². The van der Waals surface area contributed by atoms with E-state index in [0.717, 1.165) is 50.4 Å². The molecule has 7 heteroatoms. The first kappa shape index (κ1) is 16.8. The summed E-state index contributed by atoms with van der Waals surface area (Å²) in [5.74, 6) is 0.498. The number of hydrogen-bond donors (Lipinski definition) is 2. The molecule has 1 aliphatic heterocycles. The van der Waals surface area contributed by atoms with Gasteiger partial charge in [-0.05, 0) is 36.3 Å². The fourth-order valence-electron chi connectivity index (χ4n) is 3.28. The van der Waals surface area contributed by atoms with Crippen molar-refractivity contribution in [3.8, 4) is 0 Å². The highest BCUT2D eigenvalue weighted by molar-refractivity contribution is 7.09. The Labute approximate surface area is 151 Å². The Hall–Kier alpha value is -1.70. The van der Waals surface area contributed by atoms with Crippen molar-refractivity contribution < 1.29 is 9.90 Å². The zero-order chi connectivity index (χ0) is 17.2. The summed E-state index contributed by atoms with van der Waals surface area (Å²) in [7, 11) is 0. The maximum Gasteiger partial charge on any atom is 0.221 e. The van der Waals surface area contributed by atoms with Gasteiger partial charge in [-0.25, -0.2) is 0 Å². The minimum absolute atomic E-state index is 0.0947. The van der Waals surface area contributed by atoms with Crippen LogP contribution in [0.1, 0.15) is 41.6 Å². The van der Waals surface area contributed by atoms with Crippen LogP contribution in [0.4, 0.5) is 0 Å². The SMILES string of the molecule is O=C(CCN1CCn2nc([C@H](O)C3CC3)cc2C1)NCc1cccs1. The van der Waals surface area contributed by atoms with E-state index in [1.807, 2.05) is 28.3 Å². The molecule has 0 aromatic carbocycles. The highest BCUT2D eigenvalue weighted by Crippen LogP contribution is 2.40. The summed E-state index contributed by atoms with van der Waals surface area (Å²) in [6.45, 7) is 3.88. The fraction of sp³-hybridized carbons (Fsp3) is 0.556. The van der Waals surface area contributed by atoms with E-state index in [-0.39, 0.29) is 5.91 Å². The molecule has 2 aliphatic rings. The van der Waals surface area contributed by atoms with Crippen molar-refractivity contribution >= 4 is 17.2 Å². The number of rotatable bonds is 7. The van der Waals surface area contributed by atoms with E-state index < -0.39 is 6.10 Å². The van der Waals surface area contributed by atoms with Crippen LogP contribution in [-0.2, 0) is 24.4 Å². The maximum absolute atomic E-state index is 12.0. The van der Waals surface area contributed by atoms with Crippen molar-refractivity contribution in [2.45, 2.75) is 45.0 Å². The lowest BCUT2D eigenvalue weighted by Crippen LogP contribution is -2.36. The summed E-state index contributed by atoms with van der Waals surface area (Å²) in [4.78, 5) is 15.5. The second-order valence-electron chi connectivity index (χ2n) is 6.95. The Morgan fingerprint density at radius 2 is 2.32 bits per heavy atom. The minimum Gasteiger partial charge on any atom is -0.386 e. The third-order valence-corrected chi connectivity index (χ3v) is 5.84. The van der Waals surface area contributed by atoms with E-state index >= 15 is 0 Å². The number of aliphatic hydroxyl groups excluding tert-OH is 1. The Bertz CT molecular complexity index is 724. The van der Waals surface area contributed by atoms with Crippen molar-refractivity contribution in [2.24, 2.45) is 5.92 Å². The number of thiophene rings is 1. The summed E-state index contributed by atoms with van der Waals surface area (Å²) in [5, 5.41) is 19.8. The number of carbonyl (C=O) groups is 1. The van der Waals surface area contributed by atoms with Crippen LogP contribution in [0.3, 0.4) is 0 Å². The average Bonchev–Trinajstić information content (AvgIpc) is 3.17. The van der Waals surface area contributed by atoms with Crippen molar-refractivity contribution in [3.63, 3.8) is 0 Å². The number of amides is 1. The van der Waals surface area contributed by atoms with E-state index in [9.17, 15) is 9.90 Å². The molecular weight excluding hydrogens is 336 g/mol. The average molecular weight is 360 g/mol. The number of hydrogen-bond acceptors (Lipinski definition) is 5. The molecule has 4 rings (SSSR count). The van der Waals surface area contributed by atoms with Gasteiger partial charge in [0.05, 0.1) is 24.5 Å². The molecule has 1 saturated carbocycles. The Morgan fingerprint density at radius 1 is 1.44 bits per heavy atom. The Morgan fingerprint density at radius 3 is 3.08 bits per heavy atom. The third kappa shape index (κ3) is 4.11. The molecule has 1 aliphatic carbocycles. The monoisotopic (exact) mass is 360 g/mol. The maximum atomic E-state index is 12.0. The zero-order valence-electron chi connectivity index (χ0n) is 14.2. The van der Waals surface area contributed by atoms with Crippen LogP contribution in [0, 0.1) is 5.92 Å². The lowest BCUT2D eigenvalue weighted by molar-refractivity contribution is -0.121. The summed E-state index contributed by atoms with van der Waals surface area (Å²) >= 11 is 1.66. The van der Waals surface area contributed by atoms with E-state index in [4.69, 9.17) is 0 Å². The number of fused-ring (bicyclic) bond motifs is 1. The predicted octanol–water partition coefficient (Wildman–Crippen LogP) is 1.91. The number of nitrogens with zero attached hydrogens (tertiary/aromatic N) is 3. The summed E-state index contributed by atoms with van der Waals surface area (Å²) in [6, 6.07) is 6.06. The molecule has 1 amide bonds. The molecule has 2 aromatic rings. The number of aliphatic hydroxyl groups is 1. The highest BCUT2D eigenvalue weighted by atomic mass is 32.1. The Balaban J connectivity index is 1.25. The molecule has 0 saturated heterocycles. The highest BCUT2D eigenvalue weighted by Gasteiger charge is 2.33. The quantitative estimate of drug-likeness (QED) is 0.791. The second kappa shape index (κ2) is 7.27. The molecule has 1 atom stereocenters. The summed E-state index contributed by atoms with van der Waals surface area (Å²) < 4.78 is 2.01. The third-order valence-electron chi connectivity index (χ3n) is 4.96. The van der Waals surface area contributed by atoms with Gasteiger partial charge in [0, 0.05) is 30.9 Å². The minimum atomic E-state index is -0.408. The van der Waals surface area contributed by atoms with Crippen molar-refractivity contribution in [2.75, 3.05) is 13.1 Å². The molecule has 2 N–H and O–H groups in total. The van der Waals surface area contributed by atoms with Crippen LogP contribution < -0.4 is 5.32 Å². The van der Waals surface area contributed by atoms with Crippen LogP contribution in [-0.4, -0.2) is 38.8 Å². The molecule has 0 bridgehead atoms. The molecule has 134 valence electrons. The first-order valence-electron chi connectivity index (χ1n) is 8.95. The largest absolute Gasteiger partial charge is 0.386 e. The van der Waals surface area contributed by atoms with Gasteiger partial charge in [-0.1, -0.05) is 6.07 Å². The van der Waals surface area contributed by atoms with Gasteiger partial charge in [0.1, 0.15) is 6.10 Å². The number of carbonyl (C=O) groups excluding carboxylic acids is 1. The standard InChI is InChI=1S/C18H24N4O2S/c23-17(19-11-15-2-1-9-25-15)5-6-21-7-8-22-14(12-21)10-16(20-22)18(24)13-3-4-13/h1-2,9-10,13,18,24H,3-8,11-12H2,(H,19,23)/t18-/m1/s1. The van der Waals surface area contributed by atoms with Crippen molar-refractivity contribution in [1.82, 2.24) is 20.0 Å². The van der Waals surface area contributed by atoms with Crippen molar-refractivity contribution in [3.05, 3.63) is 39.8 Å². The van der Waals surface area contributed by atoms with Crippen molar-refractivity contribution in [1.29, 1.82) is 0 Å². The fourth-order valence-corrected chi connectivity index (χ4v) is 3.92. The van der Waals surface area contributed by atoms with E-state index in [1.165, 1.54) is 4.88 Å². The topological polar surface area (TPSA) is 70.4 Å². The number of nitrogens with one attached hydrogen (secondary N) is 1. The summed E-state index contributed by atoms with van der Waals surface area (Å²) in [5.41, 5.74) is 1.95.